The van der Waals surface area contributed by atoms with E-state index >= 15 is 0 Å². The summed E-state index contributed by atoms with van der Waals surface area (Å²) in [7, 11) is 0. The number of fused-ring (bicyclic) bond motifs is 3. The van der Waals surface area contributed by atoms with Gasteiger partial charge in [0.15, 0.2) is 0 Å². The highest BCUT2D eigenvalue weighted by atomic mass is 16.3. The van der Waals surface area contributed by atoms with Crippen molar-refractivity contribution in [2.45, 2.75) is 26.4 Å². The van der Waals surface area contributed by atoms with E-state index in [1.54, 1.807) is 13.1 Å². The van der Waals surface area contributed by atoms with E-state index in [0.29, 0.717) is 6.42 Å². The molecule has 0 aliphatic heterocycles. The molecule has 1 aromatic carbocycles. The molecule has 1 aliphatic rings. The van der Waals surface area contributed by atoms with Crippen molar-refractivity contribution in [2.24, 2.45) is 0 Å². The maximum atomic E-state index is 11.1. The van der Waals surface area contributed by atoms with Gasteiger partial charge in [-0.25, -0.2) is 0 Å². The first-order chi connectivity index (χ1) is 9.17. The van der Waals surface area contributed by atoms with E-state index in [1.165, 1.54) is 0 Å². The third kappa shape index (κ3) is 2.15. The van der Waals surface area contributed by atoms with Gasteiger partial charge in [-0.05, 0) is 18.1 Å². The summed E-state index contributed by atoms with van der Waals surface area (Å²) < 4.78 is 0. The molecule has 1 heterocycles. The summed E-state index contributed by atoms with van der Waals surface area (Å²) in [6.07, 6.45) is 2.73. The fourth-order valence-electron chi connectivity index (χ4n) is 2.46. The van der Waals surface area contributed by atoms with Gasteiger partial charge >= 0.3 is 0 Å². The van der Waals surface area contributed by atoms with Crippen LogP contribution in [0.3, 0.4) is 0 Å². The van der Waals surface area contributed by atoms with E-state index in [9.17, 15) is 4.79 Å². The molecule has 0 fully saturated rings. The molecule has 1 aromatic heterocycles. The molecule has 0 bridgehead atoms. The zero-order valence-corrected chi connectivity index (χ0v) is 10.7. The molecular weight excluding hydrogens is 240 g/mol. The Morgan fingerprint density at radius 2 is 2.26 bits per heavy atom. The minimum Gasteiger partial charge on any atom is -0.392 e. The number of nitrogens with zero attached hydrogens (tertiary/aromatic N) is 2. The Morgan fingerprint density at radius 3 is 3.00 bits per heavy atom. The van der Waals surface area contributed by atoms with E-state index in [4.69, 9.17) is 5.11 Å². The molecule has 0 amide bonds. The van der Waals surface area contributed by atoms with Crippen LogP contribution in [-0.4, -0.2) is 20.9 Å². The smallest absolute Gasteiger partial charge is 0.135 e. The van der Waals surface area contributed by atoms with Gasteiger partial charge < -0.3 is 5.11 Å². The van der Waals surface area contributed by atoms with Crippen LogP contribution in [-0.2, 0) is 24.2 Å². The summed E-state index contributed by atoms with van der Waals surface area (Å²) in [6, 6.07) is 5.87. The summed E-state index contributed by atoms with van der Waals surface area (Å²) in [5.41, 5.74) is 5.66. The summed E-state index contributed by atoms with van der Waals surface area (Å²) in [5, 5.41) is 9.16. The number of ketones is 1. The monoisotopic (exact) mass is 254 g/mol. The number of aliphatic hydroxyl groups is 1. The van der Waals surface area contributed by atoms with Gasteiger partial charge in [-0.2, -0.15) is 0 Å². The standard InChI is InChI=1S/C15H14N2O2/c1-9(19)4-12-7-16-15-13-3-2-10(8-18)5-11(13)6-14(15)17-12/h2-3,5,7,18H,4,6,8H2,1H3. The lowest BCUT2D eigenvalue weighted by atomic mass is 10.1. The van der Waals surface area contributed by atoms with Gasteiger partial charge in [0.2, 0.25) is 0 Å². The minimum atomic E-state index is 0.0417. The lowest BCUT2D eigenvalue weighted by Crippen LogP contribution is -2.02. The zero-order valence-electron chi connectivity index (χ0n) is 10.7. The molecule has 19 heavy (non-hydrogen) atoms. The van der Waals surface area contributed by atoms with Crippen LogP contribution in [0.15, 0.2) is 24.4 Å². The molecule has 4 nitrogen and oxygen atoms in total. The highest BCUT2D eigenvalue weighted by Gasteiger charge is 2.21. The van der Waals surface area contributed by atoms with Gasteiger partial charge in [-0.1, -0.05) is 18.2 Å². The van der Waals surface area contributed by atoms with Crippen LogP contribution in [0.2, 0.25) is 0 Å². The van der Waals surface area contributed by atoms with E-state index < -0.39 is 0 Å². The van der Waals surface area contributed by atoms with Crippen LogP contribution in [0.5, 0.6) is 0 Å². The van der Waals surface area contributed by atoms with Crippen LogP contribution in [0, 0.1) is 0 Å². The summed E-state index contributed by atoms with van der Waals surface area (Å²) >= 11 is 0. The van der Waals surface area contributed by atoms with Crippen molar-refractivity contribution in [1.82, 2.24) is 9.97 Å². The van der Waals surface area contributed by atoms with Gasteiger partial charge in [-0.15, -0.1) is 0 Å². The SMILES string of the molecule is CC(=O)Cc1cnc2c(n1)Cc1cc(CO)ccc1-2. The van der Waals surface area contributed by atoms with Crippen molar-refractivity contribution in [3.63, 3.8) is 0 Å². The molecule has 1 N–H and O–H groups in total. The topological polar surface area (TPSA) is 63.1 Å². The third-order valence-corrected chi connectivity index (χ3v) is 3.29. The van der Waals surface area contributed by atoms with Gasteiger partial charge in [0.1, 0.15) is 5.78 Å². The average molecular weight is 254 g/mol. The predicted octanol–water partition coefficient (Wildman–Crippen LogP) is 1.67. The van der Waals surface area contributed by atoms with Crippen molar-refractivity contribution < 1.29 is 9.90 Å². The van der Waals surface area contributed by atoms with Crippen LogP contribution in [0.1, 0.15) is 29.4 Å². The molecule has 3 rings (SSSR count). The Kier molecular flexibility index (Phi) is 2.87. The van der Waals surface area contributed by atoms with E-state index in [-0.39, 0.29) is 12.4 Å². The maximum absolute atomic E-state index is 11.1. The second-order valence-corrected chi connectivity index (χ2v) is 4.86. The third-order valence-electron chi connectivity index (χ3n) is 3.29. The number of hydrogen-bond acceptors (Lipinski definition) is 4. The second-order valence-electron chi connectivity index (χ2n) is 4.86. The van der Waals surface area contributed by atoms with Crippen molar-refractivity contribution in [3.05, 3.63) is 46.9 Å². The molecule has 0 radical (unpaired) electrons. The van der Waals surface area contributed by atoms with Crippen molar-refractivity contribution in [1.29, 1.82) is 0 Å². The highest BCUT2D eigenvalue weighted by molar-refractivity contribution is 5.78. The van der Waals surface area contributed by atoms with Crippen LogP contribution in [0.25, 0.3) is 11.3 Å². The lowest BCUT2D eigenvalue weighted by molar-refractivity contribution is -0.116. The number of aromatic nitrogens is 2. The van der Waals surface area contributed by atoms with E-state index in [2.05, 4.69) is 9.97 Å². The van der Waals surface area contributed by atoms with E-state index in [0.717, 1.165) is 40.2 Å². The van der Waals surface area contributed by atoms with Crippen molar-refractivity contribution in [2.75, 3.05) is 0 Å². The van der Waals surface area contributed by atoms with Gasteiger partial charge in [0, 0.05) is 24.6 Å². The first kappa shape index (κ1) is 12.0. The fourth-order valence-corrected chi connectivity index (χ4v) is 2.46. The number of rotatable bonds is 3. The molecule has 2 aromatic rings. The fraction of sp³-hybridized carbons (Fsp3) is 0.267. The van der Waals surface area contributed by atoms with Gasteiger partial charge in [0.05, 0.1) is 23.7 Å². The summed E-state index contributed by atoms with van der Waals surface area (Å²) in [4.78, 5) is 20.1. The molecule has 0 spiro atoms. The molecule has 1 aliphatic carbocycles. The largest absolute Gasteiger partial charge is 0.392 e. The van der Waals surface area contributed by atoms with Gasteiger partial charge in [0.25, 0.3) is 0 Å². The second kappa shape index (κ2) is 4.55. The number of aliphatic hydroxyl groups excluding tert-OH is 1. The van der Waals surface area contributed by atoms with Gasteiger partial charge in [-0.3, -0.25) is 14.8 Å². The Labute approximate surface area is 111 Å². The minimum absolute atomic E-state index is 0.0417. The molecule has 0 atom stereocenters. The van der Waals surface area contributed by atoms with Crippen LogP contribution < -0.4 is 0 Å². The number of benzene rings is 1. The Hall–Kier alpha value is -2.07. The van der Waals surface area contributed by atoms with Crippen LogP contribution in [0.4, 0.5) is 0 Å². The van der Waals surface area contributed by atoms with Crippen molar-refractivity contribution >= 4 is 5.78 Å². The predicted molar refractivity (Wildman–Crippen MR) is 70.6 cm³/mol. The van der Waals surface area contributed by atoms with Crippen LogP contribution >= 0.6 is 0 Å². The molecule has 0 saturated heterocycles. The normalized spacial score (nSPS) is 12.1. The number of hydrogen-bond donors (Lipinski definition) is 1. The number of carbonyl (C=O) groups excluding carboxylic acids is 1. The Morgan fingerprint density at radius 1 is 1.42 bits per heavy atom. The van der Waals surface area contributed by atoms with Crippen molar-refractivity contribution in [3.8, 4) is 11.3 Å². The molecule has 96 valence electrons. The number of Topliss-reactive ketones (excluding diaryl/α,β-unsaturated/α-hetero) is 1. The zero-order chi connectivity index (χ0) is 13.4. The first-order valence-corrected chi connectivity index (χ1v) is 6.24. The molecule has 4 heteroatoms. The highest BCUT2D eigenvalue weighted by Crippen LogP contribution is 2.34. The maximum Gasteiger partial charge on any atom is 0.135 e. The molecule has 0 unspecified atom stereocenters. The Bertz CT molecular complexity index is 665. The quantitative estimate of drug-likeness (QED) is 0.772. The average Bonchev–Trinajstić information content (AvgIpc) is 2.74. The molecule has 0 saturated carbocycles. The summed E-state index contributed by atoms with van der Waals surface area (Å²) in [6.45, 7) is 1.59. The first-order valence-electron chi connectivity index (χ1n) is 6.24. The van der Waals surface area contributed by atoms with E-state index in [1.807, 2.05) is 18.2 Å². The lowest BCUT2D eigenvalue weighted by Gasteiger charge is -2.02. The number of carbonyl (C=O) groups is 1. The Balaban J connectivity index is 2.00. The summed E-state index contributed by atoms with van der Waals surface area (Å²) in [5.74, 6) is 0.0901. The molecular formula is C15H14N2O2.